The van der Waals surface area contributed by atoms with Gasteiger partial charge in [-0.15, -0.1) is 11.3 Å². The summed E-state index contributed by atoms with van der Waals surface area (Å²) in [5.74, 6) is -1.10. The van der Waals surface area contributed by atoms with E-state index >= 15 is 0 Å². The lowest BCUT2D eigenvalue weighted by Crippen LogP contribution is -2.49. The molecule has 12 nitrogen and oxygen atoms in total. The van der Waals surface area contributed by atoms with Crippen LogP contribution in [0, 0.1) is 0 Å². The maximum Gasteiger partial charge on any atom is 0.407 e. The SMILES string of the molecule is CCOC(=O)c1csc([C@H](Cc2ccc(NS(=O)(=O)O)cc2)NC(=O)[C@H](Cc2ccccc2)NC(=O)OC)n1. The van der Waals surface area contributed by atoms with E-state index in [0.29, 0.717) is 10.6 Å². The first-order chi connectivity index (χ1) is 18.6. The number of benzene rings is 2. The first kappa shape index (κ1) is 29.5. The second-order valence-corrected chi connectivity index (χ2v) is 10.3. The minimum Gasteiger partial charge on any atom is -0.461 e. The molecule has 0 aliphatic carbocycles. The number of rotatable bonds is 12. The zero-order chi connectivity index (χ0) is 28.4. The molecule has 2 atom stereocenters. The van der Waals surface area contributed by atoms with Crippen molar-refractivity contribution in [1.29, 1.82) is 0 Å². The van der Waals surface area contributed by atoms with Gasteiger partial charge in [0.05, 0.1) is 25.4 Å². The first-order valence-corrected chi connectivity index (χ1v) is 14.1. The lowest BCUT2D eigenvalue weighted by atomic mass is 10.0. The van der Waals surface area contributed by atoms with Crippen molar-refractivity contribution in [2.75, 3.05) is 18.4 Å². The third-order valence-electron chi connectivity index (χ3n) is 5.34. The van der Waals surface area contributed by atoms with Gasteiger partial charge in [0.2, 0.25) is 5.91 Å². The summed E-state index contributed by atoms with van der Waals surface area (Å²) in [7, 11) is -3.24. The Bertz CT molecular complexity index is 1380. The van der Waals surface area contributed by atoms with Gasteiger partial charge in [-0.25, -0.2) is 14.6 Å². The third-order valence-corrected chi connectivity index (χ3v) is 6.79. The highest BCUT2D eigenvalue weighted by molar-refractivity contribution is 7.87. The van der Waals surface area contributed by atoms with Crippen molar-refractivity contribution in [3.63, 3.8) is 0 Å². The van der Waals surface area contributed by atoms with E-state index in [-0.39, 0.29) is 30.8 Å². The summed E-state index contributed by atoms with van der Waals surface area (Å²) in [5, 5.41) is 7.40. The molecule has 3 rings (SSSR count). The van der Waals surface area contributed by atoms with Gasteiger partial charge in [-0.05, 0) is 36.6 Å². The molecule has 208 valence electrons. The zero-order valence-corrected chi connectivity index (χ0v) is 22.8. The van der Waals surface area contributed by atoms with Crippen LogP contribution in [0.2, 0.25) is 0 Å². The molecule has 14 heteroatoms. The van der Waals surface area contributed by atoms with Crippen molar-refractivity contribution in [2.45, 2.75) is 31.8 Å². The predicted molar refractivity (Wildman–Crippen MR) is 144 cm³/mol. The van der Waals surface area contributed by atoms with Crippen LogP contribution in [0.3, 0.4) is 0 Å². The van der Waals surface area contributed by atoms with Gasteiger partial charge in [0.15, 0.2) is 5.69 Å². The molecule has 0 bridgehead atoms. The van der Waals surface area contributed by atoms with Gasteiger partial charge in [-0.2, -0.15) is 8.42 Å². The number of methoxy groups -OCH3 is 1. The molecule has 0 saturated carbocycles. The Morgan fingerprint density at radius 2 is 1.67 bits per heavy atom. The number of nitrogens with zero attached hydrogens (tertiary/aromatic N) is 1. The second-order valence-electron chi connectivity index (χ2n) is 8.21. The van der Waals surface area contributed by atoms with Gasteiger partial charge in [-0.3, -0.25) is 14.1 Å². The standard InChI is InChI=1S/C25H28N4O8S2/c1-3-37-24(31)21-15-38-23(27-21)20(14-17-9-11-18(12-10-17)29-39(33,34)35)26-22(30)19(28-25(32)36-2)13-16-7-5-4-6-8-16/h4-12,15,19-20,29H,3,13-14H2,1-2H3,(H,26,30)(H,28,32)(H,33,34,35)/t19-,20-/m0/s1. The number of hydrogen-bond acceptors (Lipinski definition) is 9. The molecule has 0 saturated heterocycles. The molecule has 3 aromatic rings. The van der Waals surface area contributed by atoms with Crippen LogP contribution in [0.15, 0.2) is 60.0 Å². The van der Waals surface area contributed by atoms with Crippen LogP contribution < -0.4 is 15.4 Å². The molecule has 4 N–H and O–H groups in total. The number of ether oxygens (including phenoxy) is 2. The lowest BCUT2D eigenvalue weighted by Gasteiger charge is -2.22. The number of carbonyl (C=O) groups excluding carboxylic acids is 3. The summed E-state index contributed by atoms with van der Waals surface area (Å²) < 4.78 is 42.8. The molecule has 1 heterocycles. The van der Waals surface area contributed by atoms with E-state index in [9.17, 15) is 22.8 Å². The van der Waals surface area contributed by atoms with E-state index in [1.807, 2.05) is 35.1 Å². The summed E-state index contributed by atoms with van der Waals surface area (Å²) >= 11 is 1.15. The molecule has 0 spiro atoms. The van der Waals surface area contributed by atoms with Crippen LogP contribution >= 0.6 is 11.3 Å². The molecule has 2 amide bonds. The molecular weight excluding hydrogens is 548 g/mol. The fourth-order valence-corrected chi connectivity index (χ4v) is 4.85. The van der Waals surface area contributed by atoms with Gasteiger partial charge in [0, 0.05) is 11.8 Å². The van der Waals surface area contributed by atoms with Gasteiger partial charge in [0.25, 0.3) is 0 Å². The van der Waals surface area contributed by atoms with E-state index in [2.05, 4.69) is 15.6 Å². The number of nitrogens with one attached hydrogen (secondary N) is 3. The van der Waals surface area contributed by atoms with Crippen LogP contribution in [0.25, 0.3) is 0 Å². The molecule has 0 fully saturated rings. The van der Waals surface area contributed by atoms with E-state index < -0.39 is 40.4 Å². The van der Waals surface area contributed by atoms with Crippen LogP contribution in [-0.2, 0) is 37.4 Å². The Kier molecular flexibility index (Phi) is 10.4. The fourth-order valence-electron chi connectivity index (χ4n) is 3.57. The van der Waals surface area contributed by atoms with Crippen molar-refractivity contribution >= 4 is 45.3 Å². The Morgan fingerprint density at radius 3 is 2.28 bits per heavy atom. The normalized spacial score (nSPS) is 12.6. The predicted octanol–water partition coefficient (Wildman–Crippen LogP) is 2.90. The van der Waals surface area contributed by atoms with Gasteiger partial charge in [-0.1, -0.05) is 42.5 Å². The minimum atomic E-state index is -4.43. The quantitative estimate of drug-likeness (QED) is 0.187. The highest BCUT2D eigenvalue weighted by Crippen LogP contribution is 2.24. The third kappa shape index (κ3) is 9.35. The van der Waals surface area contributed by atoms with E-state index in [0.717, 1.165) is 16.9 Å². The maximum atomic E-state index is 13.4. The number of aromatic nitrogens is 1. The van der Waals surface area contributed by atoms with Gasteiger partial charge >= 0.3 is 22.4 Å². The number of hydrogen-bond donors (Lipinski definition) is 4. The number of anilines is 1. The number of thiazole rings is 1. The van der Waals surface area contributed by atoms with Crippen molar-refractivity contribution in [3.05, 3.63) is 81.8 Å². The number of amides is 2. The topological polar surface area (TPSA) is 173 Å². The minimum absolute atomic E-state index is 0.0947. The summed E-state index contributed by atoms with van der Waals surface area (Å²) in [6.45, 7) is 1.85. The van der Waals surface area contributed by atoms with Crippen molar-refractivity contribution in [2.24, 2.45) is 0 Å². The summed E-state index contributed by atoms with van der Waals surface area (Å²) in [5.41, 5.74) is 1.74. The van der Waals surface area contributed by atoms with Crippen molar-refractivity contribution in [3.8, 4) is 0 Å². The smallest absolute Gasteiger partial charge is 0.407 e. The number of carbonyl (C=O) groups is 3. The average Bonchev–Trinajstić information content (AvgIpc) is 3.39. The first-order valence-electron chi connectivity index (χ1n) is 11.7. The summed E-state index contributed by atoms with van der Waals surface area (Å²) in [6.07, 6.45) is -0.371. The van der Waals surface area contributed by atoms with Gasteiger partial charge in [0.1, 0.15) is 11.0 Å². The molecule has 1 aromatic heterocycles. The highest BCUT2D eigenvalue weighted by atomic mass is 32.2. The van der Waals surface area contributed by atoms with E-state index in [1.165, 1.54) is 24.6 Å². The molecule has 0 unspecified atom stereocenters. The molecule has 0 radical (unpaired) electrons. The van der Waals surface area contributed by atoms with Crippen LogP contribution in [0.1, 0.15) is 39.6 Å². The highest BCUT2D eigenvalue weighted by Gasteiger charge is 2.27. The number of esters is 1. The van der Waals surface area contributed by atoms with Crippen LogP contribution in [0.4, 0.5) is 10.5 Å². The van der Waals surface area contributed by atoms with Gasteiger partial charge < -0.3 is 20.1 Å². The zero-order valence-electron chi connectivity index (χ0n) is 21.1. The van der Waals surface area contributed by atoms with Crippen molar-refractivity contribution in [1.82, 2.24) is 15.6 Å². The Hall–Kier alpha value is -4.01. The maximum absolute atomic E-state index is 13.4. The summed E-state index contributed by atoms with van der Waals surface area (Å²) in [6, 6.07) is 13.5. The Morgan fingerprint density at radius 1 is 1.00 bits per heavy atom. The lowest BCUT2D eigenvalue weighted by molar-refractivity contribution is -0.123. The van der Waals surface area contributed by atoms with E-state index in [1.54, 1.807) is 19.1 Å². The molecule has 0 aliphatic rings. The van der Waals surface area contributed by atoms with Crippen LogP contribution in [-0.4, -0.2) is 55.7 Å². The monoisotopic (exact) mass is 576 g/mol. The molecular formula is C25H28N4O8S2. The Balaban J connectivity index is 1.87. The summed E-state index contributed by atoms with van der Waals surface area (Å²) in [4.78, 5) is 42.0. The fraction of sp³-hybridized carbons (Fsp3) is 0.280. The average molecular weight is 577 g/mol. The van der Waals surface area contributed by atoms with Crippen LogP contribution in [0.5, 0.6) is 0 Å². The number of alkyl carbamates (subject to hydrolysis) is 1. The largest absolute Gasteiger partial charge is 0.461 e. The van der Waals surface area contributed by atoms with E-state index in [4.69, 9.17) is 14.0 Å². The molecule has 2 aromatic carbocycles. The Labute approximate surface area is 229 Å². The van der Waals surface area contributed by atoms with Crippen molar-refractivity contribution < 1.29 is 36.8 Å². The molecule has 0 aliphatic heterocycles. The molecule has 39 heavy (non-hydrogen) atoms. The second kappa shape index (κ2) is 13.7.